The van der Waals surface area contributed by atoms with Gasteiger partial charge >= 0.3 is 0 Å². The van der Waals surface area contributed by atoms with Crippen LogP contribution >= 0.6 is 11.8 Å². The molecule has 1 N–H and O–H groups in total. The van der Waals surface area contributed by atoms with Gasteiger partial charge in [-0.2, -0.15) is 0 Å². The highest BCUT2D eigenvalue weighted by Gasteiger charge is 2.22. The van der Waals surface area contributed by atoms with E-state index in [0.29, 0.717) is 23.8 Å². The number of anilines is 1. The van der Waals surface area contributed by atoms with Gasteiger partial charge in [0.25, 0.3) is 5.91 Å². The first kappa shape index (κ1) is 27.4. The second-order valence-electron chi connectivity index (χ2n) is 10.2. The lowest BCUT2D eigenvalue weighted by molar-refractivity contribution is 0.0951. The molecule has 1 aliphatic carbocycles. The van der Waals surface area contributed by atoms with E-state index in [2.05, 4.69) is 57.6 Å². The summed E-state index contributed by atoms with van der Waals surface area (Å²) in [5.41, 5.74) is 3.90. The van der Waals surface area contributed by atoms with Gasteiger partial charge in [0, 0.05) is 63.8 Å². The lowest BCUT2D eigenvalue weighted by Gasteiger charge is -2.35. The first-order valence-electron chi connectivity index (χ1n) is 13.7. The number of thioether (sulfide) groups is 1. The van der Waals surface area contributed by atoms with Gasteiger partial charge in [0.2, 0.25) is 0 Å². The van der Waals surface area contributed by atoms with E-state index in [1.54, 1.807) is 18.9 Å². The third kappa shape index (κ3) is 8.39. The Morgan fingerprint density at radius 1 is 1.05 bits per heavy atom. The number of aromatic nitrogens is 2. The lowest BCUT2D eigenvalue weighted by Crippen LogP contribution is -2.46. The van der Waals surface area contributed by atoms with E-state index >= 15 is 0 Å². The van der Waals surface area contributed by atoms with Gasteiger partial charge in [0.05, 0.1) is 12.3 Å². The summed E-state index contributed by atoms with van der Waals surface area (Å²) in [4.78, 5) is 27.0. The normalized spacial score (nSPS) is 16.1. The minimum Gasteiger partial charge on any atom is -0.378 e. The minimum absolute atomic E-state index is 0.00377. The zero-order chi connectivity index (χ0) is 26.9. The summed E-state index contributed by atoms with van der Waals surface area (Å²) >= 11 is 1.59. The second kappa shape index (κ2) is 13.7. The number of hydrogen-bond acceptors (Lipinski definition) is 7. The molecule has 2 aliphatic rings. The maximum atomic E-state index is 12.5. The number of nitrogens with zero attached hydrogens (tertiary/aromatic N) is 4. The van der Waals surface area contributed by atoms with Gasteiger partial charge in [-0.3, -0.25) is 9.69 Å². The Hall–Kier alpha value is -3.20. The van der Waals surface area contributed by atoms with Crippen molar-refractivity contribution < 1.29 is 9.53 Å². The van der Waals surface area contributed by atoms with Crippen molar-refractivity contribution in [1.29, 1.82) is 0 Å². The van der Waals surface area contributed by atoms with Crippen LogP contribution in [0.3, 0.4) is 0 Å². The van der Waals surface area contributed by atoms with E-state index in [1.807, 2.05) is 30.3 Å². The lowest BCUT2D eigenvalue weighted by atomic mass is 10.1. The van der Waals surface area contributed by atoms with Crippen LogP contribution in [0, 0.1) is 5.92 Å². The molecule has 8 heteroatoms. The average Bonchev–Trinajstić information content (AvgIpc) is 3.81. The third-order valence-electron chi connectivity index (χ3n) is 7.01. The largest absolute Gasteiger partial charge is 0.378 e. The Morgan fingerprint density at radius 2 is 1.87 bits per heavy atom. The molecular formula is C31H37N5O2S. The molecule has 1 saturated carbocycles. The zero-order valence-corrected chi connectivity index (χ0v) is 23.4. The van der Waals surface area contributed by atoms with Crippen molar-refractivity contribution in [3.8, 4) is 0 Å². The fourth-order valence-corrected chi connectivity index (χ4v) is 5.40. The molecule has 0 unspecified atom stereocenters. The van der Waals surface area contributed by atoms with Crippen LogP contribution in [0.25, 0.3) is 6.08 Å². The topological polar surface area (TPSA) is 70.6 Å². The summed E-state index contributed by atoms with van der Waals surface area (Å²) in [5.74, 6) is 2.32. The van der Waals surface area contributed by atoms with Gasteiger partial charge in [0.1, 0.15) is 5.82 Å². The number of nitrogens with one attached hydrogen (secondary N) is 1. The van der Waals surface area contributed by atoms with E-state index in [1.165, 1.54) is 18.4 Å². The highest BCUT2D eigenvalue weighted by atomic mass is 32.2. The van der Waals surface area contributed by atoms with Crippen molar-refractivity contribution in [3.05, 3.63) is 89.1 Å². The number of amides is 1. The summed E-state index contributed by atoms with van der Waals surface area (Å²) in [6.07, 6.45) is 6.88. The maximum Gasteiger partial charge on any atom is 0.251 e. The molecule has 2 aromatic carbocycles. The molecule has 39 heavy (non-hydrogen) atoms. The molecule has 0 atom stereocenters. The Kier molecular flexibility index (Phi) is 9.64. The standard InChI is InChI=1S/C31H37N5O2S/c1-38-22-28-20-29(36-17-15-35(16-18-36)14-6-10-24-7-3-2-4-8-24)34-31(33-28)39-23-26-9-5-11-27(19-26)30(37)32-21-25-12-13-25/h2-11,19-20,25H,12-18,21-23H2,1H3,(H,32,37)/b10-6+. The van der Waals surface area contributed by atoms with Crippen LogP contribution in [-0.2, 0) is 17.1 Å². The predicted octanol–water partition coefficient (Wildman–Crippen LogP) is 4.89. The van der Waals surface area contributed by atoms with E-state index in [4.69, 9.17) is 14.7 Å². The maximum absolute atomic E-state index is 12.5. The number of rotatable bonds is 12. The van der Waals surface area contributed by atoms with E-state index in [9.17, 15) is 4.79 Å². The molecule has 1 aliphatic heterocycles. The van der Waals surface area contributed by atoms with Crippen LogP contribution in [-0.4, -0.2) is 67.2 Å². The molecule has 0 radical (unpaired) electrons. The quantitative estimate of drug-likeness (QED) is 0.258. The van der Waals surface area contributed by atoms with Crippen LogP contribution in [0.4, 0.5) is 5.82 Å². The van der Waals surface area contributed by atoms with Gasteiger partial charge in [-0.05, 0) is 42.0 Å². The number of carbonyl (C=O) groups excluding carboxylic acids is 1. The molecule has 0 spiro atoms. The number of benzene rings is 2. The van der Waals surface area contributed by atoms with Crippen molar-refractivity contribution >= 4 is 29.6 Å². The molecule has 0 bridgehead atoms. The zero-order valence-electron chi connectivity index (χ0n) is 22.6. The fraction of sp³-hybridized carbons (Fsp3) is 0.387. The van der Waals surface area contributed by atoms with Crippen LogP contribution in [0.5, 0.6) is 0 Å². The summed E-state index contributed by atoms with van der Waals surface area (Å²) in [7, 11) is 1.69. The Balaban J connectivity index is 1.17. The van der Waals surface area contributed by atoms with Gasteiger partial charge in [-0.15, -0.1) is 0 Å². The van der Waals surface area contributed by atoms with E-state index in [-0.39, 0.29) is 5.91 Å². The van der Waals surface area contributed by atoms with E-state index < -0.39 is 0 Å². The van der Waals surface area contributed by atoms with Gasteiger partial charge in [-0.25, -0.2) is 9.97 Å². The van der Waals surface area contributed by atoms with Gasteiger partial charge in [-0.1, -0.05) is 66.4 Å². The van der Waals surface area contributed by atoms with Crippen LogP contribution in [0.2, 0.25) is 0 Å². The van der Waals surface area contributed by atoms with Crippen molar-refractivity contribution in [1.82, 2.24) is 20.2 Å². The van der Waals surface area contributed by atoms with Crippen molar-refractivity contribution in [2.75, 3.05) is 51.3 Å². The molecule has 204 valence electrons. The number of carbonyl (C=O) groups is 1. The van der Waals surface area contributed by atoms with E-state index in [0.717, 1.165) is 61.5 Å². The van der Waals surface area contributed by atoms with Crippen molar-refractivity contribution in [3.63, 3.8) is 0 Å². The smallest absolute Gasteiger partial charge is 0.251 e. The predicted molar refractivity (Wildman–Crippen MR) is 158 cm³/mol. The summed E-state index contributed by atoms with van der Waals surface area (Å²) in [6, 6.07) is 20.3. The minimum atomic E-state index is 0.00377. The number of methoxy groups -OCH3 is 1. The van der Waals surface area contributed by atoms with Crippen molar-refractivity contribution in [2.45, 2.75) is 30.4 Å². The summed E-state index contributed by atoms with van der Waals surface area (Å²) in [6.45, 7) is 5.99. The van der Waals surface area contributed by atoms with Crippen LogP contribution in [0.15, 0.2) is 71.9 Å². The SMILES string of the molecule is COCc1cc(N2CCN(C/C=C/c3ccccc3)CC2)nc(SCc2cccc(C(=O)NCC3CC3)c2)n1. The molecule has 1 amide bonds. The number of ether oxygens (including phenoxy) is 1. The van der Waals surface area contributed by atoms with Crippen LogP contribution < -0.4 is 10.2 Å². The number of piperazine rings is 1. The fourth-order valence-electron chi connectivity index (χ4n) is 4.58. The monoisotopic (exact) mass is 543 g/mol. The van der Waals surface area contributed by atoms with Gasteiger partial charge < -0.3 is 15.0 Å². The third-order valence-corrected chi connectivity index (χ3v) is 7.93. The summed E-state index contributed by atoms with van der Waals surface area (Å²) in [5, 5.41) is 3.78. The summed E-state index contributed by atoms with van der Waals surface area (Å²) < 4.78 is 5.39. The highest BCUT2D eigenvalue weighted by molar-refractivity contribution is 7.98. The average molecular weight is 544 g/mol. The first-order valence-corrected chi connectivity index (χ1v) is 14.7. The van der Waals surface area contributed by atoms with Crippen molar-refractivity contribution in [2.24, 2.45) is 5.92 Å². The molecule has 2 fully saturated rings. The molecule has 1 aromatic heterocycles. The Labute approximate surface area is 235 Å². The van der Waals surface area contributed by atoms with Crippen LogP contribution in [0.1, 0.15) is 40.0 Å². The highest BCUT2D eigenvalue weighted by Crippen LogP contribution is 2.28. The molecule has 3 aromatic rings. The first-order chi connectivity index (χ1) is 19.2. The molecule has 2 heterocycles. The Bertz CT molecular complexity index is 1260. The molecular weight excluding hydrogens is 506 g/mol. The molecule has 1 saturated heterocycles. The van der Waals surface area contributed by atoms with Gasteiger partial charge in [0.15, 0.2) is 5.16 Å². The molecule has 5 rings (SSSR count). The number of hydrogen-bond donors (Lipinski definition) is 1. The second-order valence-corrected chi connectivity index (χ2v) is 11.1. The Morgan fingerprint density at radius 3 is 2.64 bits per heavy atom. The molecule has 7 nitrogen and oxygen atoms in total.